The lowest BCUT2D eigenvalue weighted by atomic mass is 10.2. The summed E-state index contributed by atoms with van der Waals surface area (Å²) >= 11 is 2.93. The molecule has 2 rings (SSSR count). The summed E-state index contributed by atoms with van der Waals surface area (Å²) in [5.41, 5.74) is 0.146. The molecule has 0 bridgehead atoms. The summed E-state index contributed by atoms with van der Waals surface area (Å²) < 4.78 is 13.4. The van der Waals surface area contributed by atoms with Crippen molar-refractivity contribution in [3.05, 3.63) is 32.5 Å². The van der Waals surface area contributed by atoms with Crippen molar-refractivity contribution in [3.63, 3.8) is 0 Å². The van der Waals surface area contributed by atoms with Gasteiger partial charge >= 0.3 is 0 Å². The van der Waals surface area contributed by atoms with E-state index in [2.05, 4.69) is 21.2 Å². The Kier molecular flexibility index (Phi) is 2.84. The molecule has 1 aliphatic carbocycles. The van der Waals surface area contributed by atoms with Crippen molar-refractivity contribution in [1.82, 2.24) is 0 Å². The second kappa shape index (κ2) is 4.01. The molecule has 0 radical (unpaired) electrons. The zero-order valence-corrected chi connectivity index (χ0v) is 10.1. The van der Waals surface area contributed by atoms with E-state index in [1.165, 1.54) is 6.07 Å². The average Bonchev–Trinajstić information content (AvgIpc) is 2.87. The van der Waals surface area contributed by atoms with Crippen LogP contribution in [0.3, 0.4) is 0 Å². The lowest BCUT2D eigenvalue weighted by Gasteiger charge is -2.07. The van der Waals surface area contributed by atoms with Crippen LogP contribution < -0.4 is 5.32 Å². The lowest BCUT2D eigenvalue weighted by Crippen LogP contribution is -2.06. The van der Waals surface area contributed by atoms with Crippen LogP contribution in [0.25, 0.3) is 0 Å². The van der Waals surface area contributed by atoms with Crippen molar-refractivity contribution in [2.45, 2.75) is 19.4 Å². The van der Waals surface area contributed by atoms with E-state index in [0.29, 0.717) is 5.92 Å². The molecule has 16 heavy (non-hydrogen) atoms. The Balaban J connectivity index is 2.33. The zero-order valence-electron chi connectivity index (χ0n) is 8.54. The summed E-state index contributed by atoms with van der Waals surface area (Å²) in [6, 6.07) is 2.57. The van der Waals surface area contributed by atoms with Gasteiger partial charge in [-0.2, -0.15) is 0 Å². The summed E-state index contributed by atoms with van der Waals surface area (Å²) in [7, 11) is 0. The minimum Gasteiger partial charge on any atom is -0.376 e. The molecule has 0 spiro atoms. The van der Waals surface area contributed by atoms with Gasteiger partial charge in [-0.05, 0) is 28.3 Å². The van der Waals surface area contributed by atoms with Crippen LogP contribution in [0.1, 0.15) is 13.3 Å². The van der Waals surface area contributed by atoms with Gasteiger partial charge in [0.15, 0.2) is 0 Å². The number of benzene rings is 1. The monoisotopic (exact) mass is 288 g/mol. The summed E-state index contributed by atoms with van der Waals surface area (Å²) in [6.45, 7) is 2.04. The maximum Gasteiger partial charge on any atom is 0.293 e. The van der Waals surface area contributed by atoms with E-state index in [-0.39, 0.29) is 21.9 Å². The zero-order chi connectivity index (χ0) is 11.9. The molecule has 1 fully saturated rings. The van der Waals surface area contributed by atoms with Gasteiger partial charge in [0, 0.05) is 18.2 Å². The van der Waals surface area contributed by atoms with Crippen molar-refractivity contribution in [1.29, 1.82) is 0 Å². The molecular formula is C10H10BrFN2O2. The van der Waals surface area contributed by atoms with Gasteiger partial charge in [-0.25, -0.2) is 4.39 Å². The quantitative estimate of drug-likeness (QED) is 0.686. The number of nitro groups is 1. The largest absolute Gasteiger partial charge is 0.376 e. The first kappa shape index (κ1) is 11.3. The Morgan fingerprint density at radius 3 is 2.75 bits per heavy atom. The molecule has 1 aromatic rings. The van der Waals surface area contributed by atoms with Gasteiger partial charge in [0.25, 0.3) is 5.69 Å². The van der Waals surface area contributed by atoms with E-state index in [1.807, 2.05) is 6.92 Å². The SMILES string of the molecule is CC1CC1Nc1cc(F)c(Br)cc1[N+](=O)[O-]. The predicted octanol–water partition coefficient (Wildman–Crippen LogP) is 3.32. The Morgan fingerprint density at radius 2 is 2.25 bits per heavy atom. The highest BCUT2D eigenvalue weighted by Gasteiger charge is 2.34. The number of nitrogens with zero attached hydrogens (tertiary/aromatic N) is 1. The van der Waals surface area contributed by atoms with Crippen molar-refractivity contribution in [3.8, 4) is 0 Å². The van der Waals surface area contributed by atoms with Crippen LogP contribution in [-0.4, -0.2) is 11.0 Å². The van der Waals surface area contributed by atoms with Gasteiger partial charge in [-0.15, -0.1) is 0 Å². The average molecular weight is 289 g/mol. The molecule has 1 aromatic carbocycles. The Bertz CT molecular complexity index is 453. The van der Waals surface area contributed by atoms with Crippen LogP contribution in [0, 0.1) is 21.8 Å². The van der Waals surface area contributed by atoms with E-state index in [0.717, 1.165) is 12.5 Å². The van der Waals surface area contributed by atoms with Gasteiger partial charge in [0.05, 0.1) is 9.40 Å². The minimum absolute atomic E-state index is 0.104. The fraction of sp³-hybridized carbons (Fsp3) is 0.400. The smallest absolute Gasteiger partial charge is 0.293 e. The Labute approximate surface area is 100 Å². The van der Waals surface area contributed by atoms with Crippen LogP contribution in [0.2, 0.25) is 0 Å². The van der Waals surface area contributed by atoms with Crippen molar-refractivity contribution < 1.29 is 9.31 Å². The van der Waals surface area contributed by atoms with E-state index in [9.17, 15) is 14.5 Å². The molecule has 0 heterocycles. The molecule has 0 aromatic heterocycles. The van der Waals surface area contributed by atoms with E-state index in [4.69, 9.17) is 0 Å². The molecule has 2 atom stereocenters. The molecule has 1 N–H and O–H groups in total. The summed E-state index contributed by atoms with van der Waals surface area (Å²) in [5.74, 6) is -0.00675. The van der Waals surface area contributed by atoms with Crippen LogP contribution in [0.4, 0.5) is 15.8 Å². The van der Waals surface area contributed by atoms with Crippen LogP contribution in [-0.2, 0) is 0 Å². The van der Waals surface area contributed by atoms with Gasteiger partial charge in [0.2, 0.25) is 0 Å². The second-order valence-electron chi connectivity index (χ2n) is 4.00. The maximum atomic E-state index is 13.3. The normalized spacial score (nSPS) is 22.9. The maximum absolute atomic E-state index is 13.3. The number of halogens is 2. The van der Waals surface area contributed by atoms with Crippen molar-refractivity contribution in [2.75, 3.05) is 5.32 Å². The number of hydrogen-bond acceptors (Lipinski definition) is 3. The number of hydrogen-bond donors (Lipinski definition) is 1. The number of nitrogens with one attached hydrogen (secondary N) is 1. The van der Waals surface area contributed by atoms with Gasteiger partial charge in [-0.1, -0.05) is 6.92 Å². The highest BCUT2D eigenvalue weighted by Crippen LogP contribution is 2.37. The molecule has 6 heteroatoms. The standard InChI is InChI=1S/C10H10BrFN2O2/c1-5-2-8(5)13-9-4-7(12)6(11)3-10(9)14(15)16/h3-5,8,13H,2H2,1H3. The highest BCUT2D eigenvalue weighted by atomic mass is 79.9. The van der Waals surface area contributed by atoms with Crippen LogP contribution >= 0.6 is 15.9 Å². The fourth-order valence-electron chi connectivity index (χ4n) is 1.53. The molecule has 4 nitrogen and oxygen atoms in total. The molecule has 2 unspecified atom stereocenters. The molecule has 0 amide bonds. The first-order chi connectivity index (χ1) is 7.49. The molecule has 1 saturated carbocycles. The van der Waals surface area contributed by atoms with E-state index < -0.39 is 10.7 Å². The third-order valence-corrected chi connectivity index (χ3v) is 3.29. The van der Waals surface area contributed by atoms with Crippen LogP contribution in [0.5, 0.6) is 0 Å². The topological polar surface area (TPSA) is 55.2 Å². The number of rotatable bonds is 3. The van der Waals surface area contributed by atoms with Crippen molar-refractivity contribution in [2.24, 2.45) is 5.92 Å². The van der Waals surface area contributed by atoms with E-state index in [1.54, 1.807) is 0 Å². The highest BCUT2D eigenvalue weighted by molar-refractivity contribution is 9.10. The summed E-state index contributed by atoms with van der Waals surface area (Å²) in [6.07, 6.45) is 0.967. The molecule has 0 saturated heterocycles. The molecular weight excluding hydrogens is 279 g/mol. The minimum atomic E-state index is -0.514. The number of anilines is 1. The molecule has 1 aliphatic rings. The first-order valence-electron chi connectivity index (χ1n) is 4.89. The van der Waals surface area contributed by atoms with E-state index >= 15 is 0 Å². The Morgan fingerprint density at radius 1 is 1.62 bits per heavy atom. The van der Waals surface area contributed by atoms with Gasteiger partial charge in [-0.3, -0.25) is 10.1 Å². The van der Waals surface area contributed by atoms with Crippen LogP contribution in [0.15, 0.2) is 16.6 Å². The third-order valence-electron chi connectivity index (χ3n) is 2.69. The number of nitro benzene ring substituents is 1. The summed E-state index contributed by atoms with van der Waals surface area (Å²) in [5, 5.41) is 13.8. The fourth-order valence-corrected chi connectivity index (χ4v) is 1.86. The van der Waals surface area contributed by atoms with Crippen molar-refractivity contribution >= 4 is 27.3 Å². The second-order valence-corrected chi connectivity index (χ2v) is 4.86. The summed E-state index contributed by atoms with van der Waals surface area (Å²) in [4.78, 5) is 10.3. The molecule has 0 aliphatic heterocycles. The third kappa shape index (κ3) is 2.16. The van der Waals surface area contributed by atoms with Gasteiger partial charge in [0.1, 0.15) is 11.5 Å². The predicted molar refractivity (Wildman–Crippen MR) is 61.9 cm³/mol. The molecule has 86 valence electrons. The van der Waals surface area contributed by atoms with Gasteiger partial charge < -0.3 is 5.32 Å². The Hall–Kier alpha value is -1.17. The first-order valence-corrected chi connectivity index (χ1v) is 5.68. The lowest BCUT2D eigenvalue weighted by molar-refractivity contribution is -0.384.